The van der Waals surface area contributed by atoms with Crippen molar-refractivity contribution in [2.24, 2.45) is 7.05 Å². The molecule has 3 aromatic heterocycles. The molecular weight excluding hydrogens is 332 g/mol. The zero-order valence-corrected chi connectivity index (χ0v) is 16.1. The fraction of sp³-hybridized carbons (Fsp3) is 0.444. The van der Waals surface area contributed by atoms with Crippen molar-refractivity contribution >= 4 is 11.2 Å². The lowest BCUT2D eigenvalue weighted by atomic mass is 10.2. The molecule has 0 aliphatic heterocycles. The van der Waals surface area contributed by atoms with Crippen LogP contribution in [0.15, 0.2) is 22.2 Å². The number of imidazole rings is 1. The minimum Gasteiger partial charge on any atom is -0.300 e. The van der Waals surface area contributed by atoms with Gasteiger partial charge >= 0.3 is 5.69 Å². The van der Waals surface area contributed by atoms with E-state index in [0.717, 1.165) is 17.0 Å². The molecule has 8 nitrogen and oxygen atoms in total. The number of fused-ring (bicyclic) bond motifs is 1. The summed E-state index contributed by atoms with van der Waals surface area (Å²) in [6.07, 6.45) is 1.54. The molecule has 0 N–H and O–H groups in total. The minimum atomic E-state index is -0.410. The Balaban J connectivity index is 2.52. The zero-order chi connectivity index (χ0) is 19.3. The van der Waals surface area contributed by atoms with Gasteiger partial charge in [0.2, 0.25) is 5.95 Å². The first-order chi connectivity index (χ1) is 12.2. The van der Waals surface area contributed by atoms with Gasteiger partial charge in [-0.25, -0.2) is 9.48 Å². The van der Waals surface area contributed by atoms with Gasteiger partial charge in [-0.2, -0.15) is 10.1 Å². The minimum absolute atomic E-state index is 0.0402. The van der Waals surface area contributed by atoms with E-state index in [1.54, 1.807) is 11.7 Å². The van der Waals surface area contributed by atoms with Crippen LogP contribution in [0.25, 0.3) is 17.1 Å². The number of allylic oxidation sites excluding steroid dienone is 1. The molecule has 0 atom stereocenters. The van der Waals surface area contributed by atoms with Gasteiger partial charge in [0.15, 0.2) is 11.2 Å². The second kappa shape index (κ2) is 6.12. The summed E-state index contributed by atoms with van der Waals surface area (Å²) in [5.74, 6) is 0.534. The van der Waals surface area contributed by atoms with Crippen molar-refractivity contribution in [1.82, 2.24) is 28.5 Å². The number of hydrogen-bond donors (Lipinski definition) is 0. The van der Waals surface area contributed by atoms with Crippen molar-refractivity contribution in [3.05, 3.63) is 50.4 Å². The summed E-state index contributed by atoms with van der Waals surface area (Å²) in [5.41, 5.74) is 2.91. The average Bonchev–Trinajstić information content (AvgIpc) is 3.10. The molecule has 3 rings (SSSR count). The van der Waals surface area contributed by atoms with E-state index in [-0.39, 0.29) is 18.1 Å². The van der Waals surface area contributed by atoms with E-state index >= 15 is 0 Å². The smallest absolute Gasteiger partial charge is 0.300 e. The summed E-state index contributed by atoms with van der Waals surface area (Å²) < 4.78 is 6.16. The van der Waals surface area contributed by atoms with E-state index < -0.39 is 5.69 Å². The normalized spacial score (nSPS) is 11.7. The Morgan fingerprint density at radius 3 is 2.35 bits per heavy atom. The first-order valence-electron chi connectivity index (χ1n) is 8.56. The van der Waals surface area contributed by atoms with Crippen molar-refractivity contribution in [3.8, 4) is 5.95 Å². The zero-order valence-electron chi connectivity index (χ0n) is 16.1. The highest BCUT2D eigenvalue weighted by molar-refractivity contribution is 5.73. The Hall–Kier alpha value is -2.90. The summed E-state index contributed by atoms with van der Waals surface area (Å²) in [7, 11) is 1.62. The predicted molar refractivity (Wildman–Crippen MR) is 101 cm³/mol. The van der Waals surface area contributed by atoms with E-state index in [0.29, 0.717) is 17.1 Å². The molecule has 8 heteroatoms. The van der Waals surface area contributed by atoms with Crippen LogP contribution in [0.4, 0.5) is 0 Å². The van der Waals surface area contributed by atoms with Gasteiger partial charge in [0.25, 0.3) is 5.56 Å². The molecule has 0 amide bonds. The number of rotatable bonds is 4. The Kier molecular flexibility index (Phi) is 4.21. The van der Waals surface area contributed by atoms with Crippen LogP contribution in [-0.4, -0.2) is 28.5 Å². The van der Waals surface area contributed by atoms with E-state index in [2.05, 4.69) is 16.7 Å². The molecule has 0 radical (unpaired) electrons. The van der Waals surface area contributed by atoms with E-state index in [1.165, 1.54) is 15.2 Å². The molecule has 0 fully saturated rings. The topological polar surface area (TPSA) is 79.6 Å². The number of aryl methyl sites for hydroxylation is 2. The van der Waals surface area contributed by atoms with E-state index in [4.69, 9.17) is 0 Å². The molecule has 0 aromatic carbocycles. The lowest BCUT2D eigenvalue weighted by molar-refractivity contribution is 0.577. The molecule has 138 valence electrons. The third kappa shape index (κ3) is 2.36. The second-order valence-electron chi connectivity index (χ2n) is 6.80. The number of hydrogen-bond acceptors (Lipinski definition) is 4. The van der Waals surface area contributed by atoms with Crippen LogP contribution < -0.4 is 11.2 Å². The fourth-order valence-corrected chi connectivity index (χ4v) is 3.17. The highest BCUT2D eigenvalue weighted by Crippen LogP contribution is 2.23. The molecule has 0 aliphatic carbocycles. The van der Waals surface area contributed by atoms with Gasteiger partial charge in [0.1, 0.15) is 0 Å². The van der Waals surface area contributed by atoms with Crippen molar-refractivity contribution in [1.29, 1.82) is 0 Å². The third-order valence-electron chi connectivity index (χ3n) is 4.83. The second-order valence-corrected chi connectivity index (χ2v) is 6.80. The first kappa shape index (κ1) is 17.9. The van der Waals surface area contributed by atoms with Crippen LogP contribution >= 0.6 is 0 Å². The predicted octanol–water partition coefficient (Wildman–Crippen LogP) is 1.77. The lowest BCUT2D eigenvalue weighted by Crippen LogP contribution is -2.39. The van der Waals surface area contributed by atoms with Crippen molar-refractivity contribution in [2.45, 2.75) is 47.2 Å². The molecular formula is C18H24N6O2. The maximum Gasteiger partial charge on any atom is 0.332 e. The third-order valence-corrected chi connectivity index (χ3v) is 4.83. The molecule has 3 aromatic rings. The lowest BCUT2D eigenvalue weighted by Gasteiger charge is -2.14. The van der Waals surface area contributed by atoms with Gasteiger partial charge in [0.05, 0.1) is 5.69 Å². The van der Waals surface area contributed by atoms with Gasteiger partial charge in [-0.15, -0.1) is 6.58 Å². The average molecular weight is 356 g/mol. The van der Waals surface area contributed by atoms with Gasteiger partial charge in [-0.3, -0.25) is 18.5 Å². The van der Waals surface area contributed by atoms with Gasteiger partial charge in [-0.05, 0) is 40.2 Å². The molecule has 3 heterocycles. The summed E-state index contributed by atoms with van der Waals surface area (Å²) in [4.78, 5) is 30.2. The summed E-state index contributed by atoms with van der Waals surface area (Å²) in [5, 5.41) is 4.58. The summed E-state index contributed by atoms with van der Waals surface area (Å²) in [6, 6.07) is -0.0402. The monoisotopic (exact) mass is 356 g/mol. The standard InChI is InChI=1S/C18H24N6O2/c1-8-9-22-16(25)14-15(21(7)18(22)26)19-17(23(14)10(2)3)24-13(6)11(4)12(5)20-24/h8,10H,1,9H2,2-7H3. The van der Waals surface area contributed by atoms with E-state index in [1.807, 2.05) is 39.2 Å². The maximum atomic E-state index is 13.0. The van der Waals surface area contributed by atoms with Gasteiger partial charge in [0, 0.05) is 25.3 Å². The molecule has 0 unspecified atom stereocenters. The van der Waals surface area contributed by atoms with Crippen molar-refractivity contribution in [2.75, 3.05) is 0 Å². The maximum absolute atomic E-state index is 13.0. The quantitative estimate of drug-likeness (QED) is 0.668. The van der Waals surface area contributed by atoms with Crippen LogP contribution in [0, 0.1) is 20.8 Å². The molecule has 0 aliphatic rings. The molecule has 0 saturated carbocycles. The molecule has 0 bridgehead atoms. The van der Waals surface area contributed by atoms with Gasteiger partial charge in [-0.1, -0.05) is 6.08 Å². The van der Waals surface area contributed by atoms with Crippen molar-refractivity contribution in [3.63, 3.8) is 0 Å². The molecule has 0 spiro atoms. The van der Waals surface area contributed by atoms with Crippen LogP contribution in [0.2, 0.25) is 0 Å². The van der Waals surface area contributed by atoms with Crippen LogP contribution in [-0.2, 0) is 13.6 Å². The van der Waals surface area contributed by atoms with Crippen LogP contribution in [0.1, 0.15) is 36.8 Å². The van der Waals surface area contributed by atoms with Crippen LogP contribution in [0.5, 0.6) is 0 Å². The SMILES string of the molecule is C=CCn1c(=O)c2c(nc(-n3nc(C)c(C)c3C)n2C(C)C)n(C)c1=O. The number of aromatic nitrogens is 6. The highest BCUT2D eigenvalue weighted by atomic mass is 16.2. The Morgan fingerprint density at radius 2 is 1.85 bits per heavy atom. The summed E-state index contributed by atoms with van der Waals surface area (Å²) in [6.45, 7) is 13.7. The molecule has 0 saturated heterocycles. The Labute approximate surface area is 151 Å². The Morgan fingerprint density at radius 1 is 1.19 bits per heavy atom. The highest BCUT2D eigenvalue weighted by Gasteiger charge is 2.24. The van der Waals surface area contributed by atoms with Gasteiger partial charge < -0.3 is 0 Å². The number of nitrogens with zero attached hydrogens (tertiary/aromatic N) is 6. The van der Waals surface area contributed by atoms with Crippen LogP contribution in [0.3, 0.4) is 0 Å². The Bertz CT molecular complexity index is 1140. The largest absolute Gasteiger partial charge is 0.332 e. The van der Waals surface area contributed by atoms with E-state index in [9.17, 15) is 9.59 Å². The molecule has 26 heavy (non-hydrogen) atoms. The first-order valence-corrected chi connectivity index (χ1v) is 8.56. The fourth-order valence-electron chi connectivity index (χ4n) is 3.17. The summed E-state index contributed by atoms with van der Waals surface area (Å²) >= 11 is 0. The van der Waals surface area contributed by atoms with Crippen molar-refractivity contribution < 1.29 is 0 Å².